The standard InChI is InChI=1S/C30H30N8O2/c1-18-15-32-30(33-26-14-19(2)36(3)35-26)34-27(18)22-16-31-28-20(22)6-4-9-25(28)38-17-23-21(29(38)39)7-5-8-24(23)37-10-12-40-13-11-37/h4-9,14-16,31H,10-13,17H2,1-3H3,(H,32,33,34,35). The van der Waals surface area contributed by atoms with Gasteiger partial charge in [0.25, 0.3) is 5.91 Å². The van der Waals surface area contributed by atoms with Crippen LogP contribution in [-0.2, 0) is 18.3 Å². The maximum absolute atomic E-state index is 13.7. The summed E-state index contributed by atoms with van der Waals surface area (Å²) in [7, 11) is 1.90. The van der Waals surface area contributed by atoms with Crippen LogP contribution in [0.3, 0.4) is 0 Å². The van der Waals surface area contributed by atoms with Gasteiger partial charge >= 0.3 is 0 Å². The molecule has 2 aliphatic rings. The molecule has 202 valence electrons. The lowest BCUT2D eigenvalue weighted by Gasteiger charge is -2.30. The number of ether oxygens (including phenoxy) is 1. The van der Waals surface area contributed by atoms with Gasteiger partial charge in [-0.2, -0.15) is 5.10 Å². The van der Waals surface area contributed by atoms with Crippen LogP contribution >= 0.6 is 0 Å². The lowest BCUT2D eigenvalue weighted by Crippen LogP contribution is -2.36. The number of hydrogen-bond acceptors (Lipinski definition) is 7. The molecule has 10 nitrogen and oxygen atoms in total. The van der Waals surface area contributed by atoms with Gasteiger partial charge in [-0.1, -0.05) is 18.2 Å². The molecule has 0 radical (unpaired) electrons. The van der Waals surface area contributed by atoms with E-state index in [1.165, 1.54) is 0 Å². The fourth-order valence-corrected chi connectivity index (χ4v) is 5.68. The highest BCUT2D eigenvalue weighted by Crippen LogP contribution is 2.40. The fraction of sp³-hybridized carbons (Fsp3) is 0.267. The molecule has 0 atom stereocenters. The second-order valence-electron chi connectivity index (χ2n) is 10.3. The van der Waals surface area contributed by atoms with Crippen LogP contribution in [0.25, 0.3) is 22.2 Å². The Morgan fingerprint density at radius 3 is 2.62 bits per heavy atom. The molecule has 0 unspecified atom stereocenters. The second-order valence-corrected chi connectivity index (χ2v) is 10.3. The third-order valence-corrected chi connectivity index (χ3v) is 7.86. The third-order valence-electron chi connectivity index (χ3n) is 7.86. The number of amides is 1. The molecule has 5 aromatic rings. The van der Waals surface area contributed by atoms with Crippen LogP contribution in [-0.4, -0.2) is 56.9 Å². The van der Waals surface area contributed by atoms with Crippen LogP contribution < -0.4 is 15.1 Å². The van der Waals surface area contributed by atoms with Crippen molar-refractivity contribution < 1.29 is 9.53 Å². The number of nitrogens with zero attached hydrogens (tertiary/aromatic N) is 6. The van der Waals surface area contributed by atoms with Gasteiger partial charge in [0.1, 0.15) is 0 Å². The number of benzene rings is 2. The number of H-pyrrole nitrogens is 1. The number of carbonyl (C=O) groups is 1. The summed E-state index contributed by atoms with van der Waals surface area (Å²) in [5.41, 5.74) is 8.48. The normalized spacial score (nSPS) is 15.2. The largest absolute Gasteiger partial charge is 0.378 e. The van der Waals surface area contributed by atoms with E-state index in [1.54, 1.807) is 4.68 Å². The van der Waals surface area contributed by atoms with Crippen LogP contribution in [0.5, 0.6) is 0 Å². The van der Waals surface area contributed by atoms with E-state index in [0.29, 0.717) is 31.5 Å². The SMILES string of the molecule is Cc1cnc(Nc2cc(C)n(C)n2)nc1-c1c[nH]c2c(N3Cc4c(cccc4N4CCOCC4)C3=O)cccc12. The van der Waals surface area contributed by atoms with Crippen molar-refractivity contribution in [2.45, 2.75) is 20.4 Å². The number of morpholine rings is 1. The Hall–Kier alpha value is -4.70. The number of hydrogen-bond donors (Lipinski definition) is 2. The molecule has 0 bridgehead atoms. The first-order valence-electron chi connectivity index (χ1n) is 13.5. The Kier molecular flexibility index (Phi) is 5.78. The van der Waals surface area contributed by atoms with Gasteiger partial charge in [0, 0.05) is 72.1 Å². The van der Waals surface area contributed by atoms with Crippen LogP contribution in [0.2, 0.25) is 0 Å². The highest BCUT2D eigenvalue weighted by Gasteiger charge is 2.33. The summed E-state index contributed by atoms with van der Waals surface area (Å²) in [5, 5.41) is 8.67. The van der Waals surface area contributed by atoms with Crippen LogP contribution in [0.1, 0.15) is 27.2 Å². The number of carbonyl (C=O) groups excluding carboxylic acids is 1. The first-order chi connectivity index (χ1) is 19.5. The molecule has 2 aromatic carbocycles. The summed E-state index contributed by atoms with van der Waals surface area (Å²) in [5.74, 6) is 1.19. The Balaban J connectivity index is 1.24. The van der Waals surface area contributed by atoms with Crippen molar-refractivity contribution in [3.05, 3.63) is 77.2 Å². The summed E-state index contributed by atoms with van der Waals surface area (Å²) in [6.45, 7) is 7.58. The Morgan fingerprint density at radius 2 is 1.82 bits per heavy atom. The van der Waals surface area contributed by atoms with Gasteiger partial charge in [0.05, 0.1) is 36.7 Å². The summed E-state index contributed by atoms with van der Waals surface area (Å²) >= 11 is 0. The monoisotopic (exact) mass is 534 g/mol. The van der Waals surface area contributed by atoms with Crippen molar-refractivity contribution in [2.24, 2.45) is 7.05 Å². The molecule has 5 heterocycles. The highest BCUT2D eigenvalue weighted by atomic mass is 16.5. The molecule has 2 aliphatic heterocycles. The van der Waals surface area contributed by atoms with Crippen molar-refractivity contribution >= 4 is 40.0 Å². The van der Waals surface area contributed by atoms with E-state index in [2.05, 4.69) is 37.4 Å². The van der Waals surface area contributed by atoms with Crippen molar-refractivity contribution in [3.8, 4) is 11.3 Å². The zero-order chi connectivity index (χ0) is 27.4. The van der Waals surface area contributed by atoms with Crippen LogP contribution in [0.4, 0.5) is 23.1 Å². The highest BCUT2D eigenvalue weighted by molar-refractivity contribution is 6.15. The minimum Gasteiger partial charge on any atom is -0.378 e. The first kappa shape index (κ1) is 24.3. The van der Waals surface area contributed by atoms with E-state index in [4.69, 9.17) is 9.72 Å². The Bertz CT molecular complexity index is 1750. The molecule has 7 rings (SSSR count). The Labute approximate surface area is 231 Å². The smallest absolute Gasteiger partial charge is 0.259 e. The van der Waals surface area contributed by atoms with Crippen molar-refractivity contribution in [1.29, 1.82) is 0 Å². The lowest BCUT2D eigenvalue weighted by atomic mass is 10.1. The molecule has 3 aromatic heterocycles. The number of anilines is 4. The minimum atomic E-state index is 0.0177. The molecule has 2 N–H and O–H groups in total. The summed E-state index contributed by atoms with van der Waals surface area (Å²) in [6.07, 6.45) is 3.78. The van der Waals surface area contributed by atoms with Crippen LogP contribution in [0, 0.1) is 13.8 Å². The second kappa shape index (κ2) is 9.49. The molecule has 0 aliphatic carbocycles. The molecule has 10 heteroatoms. The van der Waals surface area contributed by atoms with Gasteiger partial charge in [0.2, 0.25) is 5.95 Å². The van der Waals surface area contributed by atoms with E-state index in [9.17, 15) is 4.79 Å². The van der Waals surface area contributed by atoms with E-state index in [0.717, 1.165) is 69.0 Å². The quantitative estimate of drug-likeness (QED) is 0.336. The predicted molar refractivity (Wildman–Crippen MR) is 155 cm³/mol. The van der Waals surface area contributed by atoms with Crippen molar-refractivity contribution in [1.82, 2.24) is 24.7 Å². The first-order valence-corrected chi connectivity index (χ1v) is 13.5. The van der Waals surface area contributed by atoms with E-state index in [1.807, 2.05) is 68.5 Å². The van der Waals surface area contributed by atoms with Gasteiger partial charge in [-0.3, -0.25) is 9.48 Å². The minimum absolute atomic E-state index is 0.0177. The average molecular weight is 535 g/mol. The molecular formula is C30H30N8O2. The van der Waals surface area contributed by atoms with Gasteiger partial charge in [0.15, 0.2) is 5.82 Å². The number of aryl methyl sites for hydroxylation is 3. The molecule has 40 heavy (non-hydrogen) atoms. The fourth-order valence-electron chi connectivity index (χ4n) is 5.68. The molecule has 0 spiro atoms. The van der Waals surface area contributed by atoms with Crippen molar-refractivity contribution in [2.75, 3.05) is 41.4 Å². The average Bonchev–Trinajstić information content (AvgIpc) is 3.65. The van der Waals surface area contributed by atoms with E-state index >= 15 is 0 Å². The predicted octanol–water partition coefficient (Wildman–Crippen LogP) is 4.72. The van der Waals surface area contributed by atoms with E-state index in [-0.39, 0.29) is 5.91 Å². The van der Waals surface area contributed by atoms with Gasteiger partial charge in [-0.15, -0.1) is 0 Å². The third kappa shape index (κ3) is 3.99. The summed E-state index contributed by atoms with van der Waals surface area (Å²) in [4.78, 5) is 30.7. The number of aromatic nitrogens is 5. The van der Waals surface area contributed by atoms with Gasteiger partial charge < -0.3 is 24.8 Å². The maximum Gasteiger partial charge on any atom is 0.259 e. The number of rotatable bonds is 5. The summed E-state index contributed by atoms with van der Waals surface area (Å²) in [6, 6.07) is 14.1. The zero-order valence-corrected chi connectivity index (χ0v) is 22.7. The lowest BCUT2D eigenvalue weighted by molar-refractivity contribution is 0.0997. The van der Waals surface area contributed by atoms with Gasteiger partial charge in [-0.25, -0.2) is 9.97 Å². The number of aromatic amines is 1. The molecule has 1 saturated heterocycles. The number of nitrogens with one attached hydrogen (secondary N) is 2. The van der Waals surface area contributed by atoms with Gasteiger partial charge in [-0.05, 0) is 37.6 Å². The topological polar surface area (TPSA) is 104 Å². The molecule has 1 fully saturated rings. The van der Waals surface area contributed by atoms with Crippen molar-refractivity contribution in [3.63, 3.8) is 0 Å². The summed E-state index contributed by atoms with van der Waals surface area (Å²) < 4.78 is 7.36. The zero-order valence-electron chi connectivity index (χ0n) is 22.7. The van der Waals surface area contributed by atoms with Crippen LogP contribution in [0.15, 0.2) is 54.9 Å². The number of para-hydroxylation sites is 1. The molecular weight excluding hydrogens is 504 g/mol. The number of fused-ring (bicyclic) bond motifs is 2. The molecule has 0 saturated carbocycles. The molecule has 1 amide bonds. The van der Waals surface area contributed by atoms with E-state index < -0.39 is 0 Å². The Morgan fingerprint density at radius 1 is 1.02 bits per heavy atom. The maximum atomic E-state index is 13.7.